The Morgan fingerprint density at radius 3 is 2.86 bits per heavy atom. The lowest BCUT2D eigenvalue weighted by molar-refractivity contribution is 0.108. The number of carbonyl (C=O) groups is 1. The molecule has 152 valence electrons. The first-order valence-corrected chi connectivity index (χ1v) is 10.4. The van der Waals surface area contributed by atoms with Gasteiger partial charge in [0.2, 0.25) is 0 Å². The van der Waals surface area contributed by atoms with E-state index in [0.29, 0.717) is 5.75 Å². The maximum atomic E-state index is 11.5. The predicted octanol–water partition coefficient (Wildman–Crippen LogP) is 3.26. The molecule has 10 heteroatoms. The molecule has 0 radical (unpaired) electrons. The second-order valence-electron chi connectivity index (χ2n) is 6.90. The van der Waals surface area contributed by atoms with Crippen LogP contribution < -0.4 is 15.4 Å². The molecular formula is C18H25N5O4S. The number of nitrogens with one attached hydrogen (secondary N) is 4. The van der Waals surface area contributed by atoms with E-state index in [1.807, 2.05) is 24.3 Å². The molecule has 0 bridgehead atoms. The van der Waals surface area contributed by atoms with Gasteiger partial charge in [0.25, 0.3) is 0 Å². The summed E-state index contributed by atoms with van der Waals surface area (Å²) in [6.45, 7) is 4.36. The first kappa shape index (κ1) is 20.2. The molecule has 9 nitrogen and oxygen atoms in total. The third-order valence-corrected chi connectivity index (χ3v) is 5.20. The number of aromatic nitrogens is 2. The second kappa shape index (κ2) is 9.07. The van der Waals surface area contributed by atoms with Crippen molar-refractivity contribution in [3.8, 4) is 0 Å². The van der Waals surface area contributed by atoms with E-state index >= 15 is 0 Å². The molecule has 4 rings (SSSR count). The average Bonchev–Trinajstić information content (AvgIpc) is 3.32. The number of H-pyrrole nitrogens is 1. The number of ether oxygens (including phenoxy) is 1. The quantitative estimate of drug-likeness (QED) is 0.529. The standard InChI is InChI=1S/C14H16N4O2S.C4H9NO2/c19-21-8-9-6-10(3-4-11(9)18-21)15-14-7-12(16-17-14)13-2-1-5-20-13;1-3(2)5-4(6)7/h3-4,6-7,13,18H,1-2,5,8H2,(H2,15,16,17);3,5H,1-2H3,(H,6,7). The molecule has 1 amide bonds. The summed E-state index contributed by atoms with van der Waals surface area (Å²) < 4.78 is 20.0. The molecule has 1 fully saturated rings. The highest BCUT2D eigenvalue weighted by atomic mass is 32.2. The summed E-state index contributed by atoms with van der Waals surface area (Å²) in [5.74, 6) is 1.32. The number of carboxylic acid groups (broad SMARTS) is 1. The van der Waals surface area contributed by atoms with E-state index in [9.17, 15) is 9.00 Å². The number of amides is 1. The minimum Gasteiger partial charge on any atom is -0.465 e. The minimum absolute atomic E-state index is 0.0255. The Bertz CT molecular complexity index is 848. The Labute approximate surface area is 165 Å². The van der Waals surface area contributed by atoms with Gasteiger partial charge in [-0.2, -0.15) is 5.10 Å². The second-order valence-corrected chi connectivity index (χ2v) is 8.09. The van der Waals surface area contributed by atoms with E-state index in [0.717, 1.165) is 47.9 Å². The number of anilines is 3. The van der Waals surface area contributed by atoms with Gasteiger partial charge in [0, 0.05) is 24.4 Å². The Kier molecular flexibility index (Phi) is 6.53. The summed E-state index contributed by atoms with van der Waals surface area (Å²) in [6.07, 6.45) is 1.31. The number of nitrogens with zero attached hydrogens (tertiary/aromatic N) is 1. The van der Waals surface area contributed by atoms with Crippen molar-refractivity contribution in [2.45, 2.75) is 44.6 Å². The number of rotatable bonds is 4. The lowest BCUT2D eigenvalue weighted by atomic mass is 10.2. The van der Waals surface area contributed by atoms with Gasteiger partial charge in [0.15, 0.2) is 5.82 Å². The smallest absolute Gasteiger partial charge is 0.404 e. The van der Waals surface area contributed by atoms with E-state index < -0.39 is 17.1 Å². The molecule has 2 atom stereocenters. The third kappa shape index (κ3) is 5.46. The van der Waals surface area contributed by atoms with Gasteiger partial charge in [-0.05, 0) is 50.5 Å². The van der Waals surface area contributed by atoms with Crippen LogP contribution >= 0.6 is 0 Å². The van der Waals surface area contributed by atoms with Gasteiger partial charge in [0.05, 0.1) is 23.2 Å². The number of hydrogen-bond acceptors (Lipinski definition) is 5. The van der Waals surface area contributed by atoms with Crippen LogP contribution in [0.1, 0.15) is 44.1 Å². The lowest BCUT2D eigenvalue weighted by Crippen LogP contribution is -2.27. The summed E-state index contributed by atoms with van der Waals surface area (Å²) in [5.41, 5.74) is 3.97. The molecule has 2 aromatic rings. The summed E-state index contributed by atoms with van der Waals surface area (Å²) in [4.78, 5) is 9.70. The van der Waals surface area contributed by atoms with Crippen LogP contribution in [0.4, 0.5) is 22.0 Å². The van der Waals surface area contributed by atoms with Crippen LogP contribution in [0.25, 0.3) is 0 Å². The molecule has 3 heterocycles. The fraction of sp³-hybridized carbons (Fsp3) is 0.444. The SMILES string of the molecule is CC(C)NC(=O)O.O=S1Cc2cc(Nc3cc(C4CCCO4)[nH]n3)ccc2N1. The summed E-state index contributed by atoms with van der Waals surface area (Å²) >= 11 is 0. The number of benzene rings is 1. The monoisotopic (exact) mass is 407 g/mol. The van der Waals surface area contributed by atoms with Gasteiger partial charge in [0.1, 0.15) is 11.0 Å². The molecule has 2 unspecified atom stereocenters. The Hall–Kier alpha value is -2.59. The van der Waals surface area contributed by atoms with Crippen LogP contribution in [0.3, 0.4) is 0 Å². The highest BCUT2D eigenvalue weighted by molar-refractivity contribution is 7.86. The van der Waals surface area contributed by atoms with Crippen LogP contribution in [-0.4, -0.2) is 38.3 Å². The molecule has 28 heavy (non-hydrogen) atoms. The van der Waals surface area contributed by atoms with Gasteiger partial charge in [-0.15, -0.1) is 0 Å². The number of aromatic amines is 1. The van der Waals surface area contributed by atoms with Crippen molar-refractivity contribution in [2.75, 3.05) is 16.6 Å². The lowest BCUT2D eigenvalue weighted by Gasteiger charge is -2.05. The number of hydrogen-bond donors (Lipinski definition) is 5. The molecule has 2 aliphatic heterocycles. The molecule has 0 spiro atoms. The molecule has 1 aromatic carbocycles. The zero-order chi connectivity index (χ0) is 20.1. The van der Waals surface area contributed by atoms with Crippen molar-refractivity contribution in [1.29, 1.82) is 0 Å². The highest BCUT2D eigenvalue weighted by Crippen LogP contribution is 2.31. The van der Waals surface area contributed by atoms with Crippen molar-refractivity contribution < 1.29 is 18.8 Å². The van der Waals surface area contributed by atoms with E-state index in [4.69, 9.17) is 9.84 Å². The minimum atomic E-state index is -0.988. The molecule has 1 saturated heterocycles. The van der Waals surface area contributed by atoms with E-state index in [1.54, 1.807) is 13.8 Å². The van der Waals surface area contributed by atoms with Crippen LogP contribution in [-0.2, 0) is 21.5 Å². The molecule has 1 aromatic heterocycles. The van der Waals surface area contributed by atoms with Gasteiger partial charge in [-0.25, -0.2) is 9.00 Å². The van der Waals surface area contributed by atoms with E-state index in [1.165, 1.54) is 0 Å². The zero-order valence-electron chi connectivity index (χ0n) is 15.8. The highest BCUT2D eigenvalue weighted by Gasteiger charge is 2.20. The van der Waals surface area contributed by atoms with Crippen molar-refractivity contribution in [2.24, 2.45) is 0 Å². The van der Waals surface area contributed by atoms with Crippen molar-refractivity contribution in [3.63, 3.8) is 0 Å². The molecular weight excluding hydrogens is 382 g/mol. The van der Waals surface area contributed by atoms with Crippen LogP contribution in [0.2, 0.25) is 0 Å². The first-order valence-electron chi connectivity index (χ1n) is 9.12. The summed E-state index contributed by atoms with van der Waals surface area (Å²) in [7, 11) is -0.988. The van der Waals surface area contributed by atoms with Gasteiger partial charge in [-0.3, -0.25) is 5.10 Å². The van der Waals surface area contributed by atoms with Crippen LogP contribution in [0.15, 0.2) is 24.3 Å². The van der Waals surface area contributed by atoms with Gasteiger partial charge in [-0.1, -0.05) is 0 Å². The van der Waals surface area contributed by atoms with E-state index in [2.05, 4.69) is 25.6 Å². The molecule has 0 aliphatic carbocycles. The Morgan fingerprint density at radius 2 is 2.21 bits per heavy atom. The molecule has 2 aliphatic rings. The van der Waals surface area contributed by atoms with Crippen LogP contribution in [0.5, 0.6) is 0 Å². The number of fused-ring (bicyclic) bond motifs is 1. The molecule has 0 saturated carbocycles. The maximum absolute atomic E-state index is 11.5. The third-order valence-electron chi connectivity index (χ3n) is 4.17. The molecule has 5 N–H and O–H groups in total. The van der Waals surface area contributed by atoms with Crippen molar-refractivity contribution in [1.82, 2.24) is 15.5 Å². The zero-order valence-corrected chi connectivity index (χ0v) is 16.6. The largest absolute Gasteiger partial charge is 0.465 e. The fourth-order valence-electron chi connectivity index (χ4n) is 2.97. The average molecular weight is 407 g/mol. The first-order chi connectivity index (χ1) is 13.4. The normalized spacial score (nSPS) is 20.1. The maximum Gasteiger partial charge on any atom is 0.404 e. The van der Waals surface area contributed by atoms with Gasteiger partial charge < -0.3 is 25.2 Å². The summed E-state index contributed by atoms with van der Waals surface area (Å²) in [5, 5.41) is 20.8. The topological polar surface area (TPSA) is 128 Å². The van der Waals surface area contributed by atoms with E-state index in [-0.39, 0.29) is 12.1 Å². The van der Waals surface area contributed by atoms with Crippen molar-refractivity contribution >= 4 is 34.3 Å². The predicted molar refractivity (Wildman–Crippen MR) is 108 cm³/mol. The Morgan fingerprint density at radius 1 is 1.39 bits per heavy atom. The van der Waals surface area contributed by atoms with Gasteiger partial charge >= 0.3 is 6.09 Å². The van der Waals surface area contributed by atoms with Crippen LogP contribution in [0, 0.1) is 0 Å². The fourth-order valence-corrected chi connectivity index (χ4v) is 4.01. The summed E-state index contributed by atoms with van der Waals surface area (Å²) in [6, 6.07) is 7.91. The van der Waals surface area contributed by atoms with Crippen molar-refractivity contribution in [3.05, 3.63) is 35.5 Å². The Balaban J connectivity index is 0.000000279.